The normalized spacial score (nSPS) is 41.8. The van der Waals surface area contributed by atoms with Crippen LogP contribution in [0, 0.1) is 16.7 Å². The Morgan fingerprint density at radius 3 is 2.62 bits per heavy atom. The highest BCUT2D eigenvalue weighted by Gasteiger charge is 2.65. The molecule has 2 fully saturated rings. The summed E-state index contributed by atoms with van der Waals surface area (Å²) in [4.78, 5) is 25.5. The van der Waals surface area contributed by atoms with Gasteiger partial charge in [-0.15, -0.1) is 0 Å². The fourth-order valence-corrected chi connectivity index (χ4v) is 3.10. The lowest BCUT2D eigenvalue weighted by Gasteiger charge is -2.34. The molecule has 1 aliphatic carbocycles. The Kier molecular flexibility index (Phi) is 2.30. The third-order valence-corrected chi connectivity index (χ3v) is 4.66. The van der Waals surface area contributed by atoms with Gasteiger partial charge in [-0.05, 0) is 19.8 Å². The zero-order chi connectivity index (χ0) is 12.1. The number of carbonyl (C=O) groups is 2. The van der Waals surface area contributed by atoms with Crippen molar-refractivity contribution in [1.29, 1.82) is 0 Å². The van der Waals surface area contributed by atoms with Crippen LogP contribution in [-0.4, -0.2) is 37.5 Å². The van der Waals surface area contributed by atoms with E-state index < -0.39 is 5.41 Å². The van der Waals surface area contributed by atoms with Crippen LogP contribution in [-0.2, 0) is 14.3 Å². The van der Waals surface area contributed by atoms with E-state index >= 15 is 0 Å². The molecule has 1 saturated carbocycles. The zero-order valence-corrected chi connectivity index (χ0v) is 10.4. The predicted octanol–water partition coefficient (Wildman–Crippen LogP) is 1.05. The topological polar surface area (TPSA) is 46.6 Å². The van der Waals surface area contributed by atoms with Gasteiger partial charge in [0.1, 0.15) is 0 Å². The van der Waals surface area contributed by atoms with Gasteiger partial charge in [-0.2, -0.15) is 0 Å². The van der Waals surface area contributed by atoms with Gasteiger partial charge in [-0.25, -0.2) is 0 Å². The number of nitrogens with zero attached hydrogens (tertiary/aromatic N) is 1. The van der Waals surface area contributed by atoms with E-state index in [1.165, 1.54) is 0 Å². The molecule has 0 aromatic carbocycles. The molecular weight excluding hydrogens is 206 g/mol. The summed E-state index contributed by atoms with van der Waals surface area (Å²) in [7, 11) is 3.53. The van der Waals surface area contributed by atoms with Gasteiger partial charge in [0.2, 0.25) is 5.91 Å². The average molecular weight is 225 g/mol. The van der Waals surface area contributed by atoms with Crippen LogP contribution >= 0.6 is 0 Å². The predicted molar refractivity (Wildman–Crippen MR) is 58.6 cm³/mol. The Hall–Kier alpha value is -1.06. The highest BCUT2D eigenvalue weighted by Crippen LogP contribution is 2.60. The van der Waals surface area contributed by atoms with Crippen LogP contribution in [0.15, 0.2) is 0 Å². The van der Waals surface area contributed by atoms with Crippen LogP contribution in [0.3, 0.4) is 0 Å². The SMILES string of the molecule is CN(C)C(=O)[C@@H]1CC[C@]2(C)C(=O)OC[C@@]12C. The molecule has 16 heavy (non-hydrogen) atoms. The maximum absolute atomic E-state index is 12.1. The summed E-state index contributed by atoms with van der Waals surface area (Å²) < 4.78 is 5.18. The Labute approximate surface area is 95.9 Å². The molecule has 0 bridgehead atoms. The average Bonchev–Trinajstić information content (AvgIpc) is 2.60. The van der Waals surface area contributed by atoms with Gasteiger partial charge in [0, 0.05) is 25.4 Å². The summed E-state index contributed by atoms with van der Waals surface area (Å²) >= 11 is 0. The Balaban J connectivity index is 2.34. The minimum atomic E-state index is -0.469. The maximum Gasteiger partial charge on any atom is 0.312 e. The summed E-state index contributed by atoms with van der Waals surface area (Å²) in [5.41, 5.74) is -0.797. The lowest BCUT2D eigenvalue weighted by Crippen LogP contribution is -2.43. The van der Waals surface area contributed by atoms with Gasteiger partial charge in [-0.1, -0.05) is 6.92 Å². The first-order chi connectivity index (χ1) is 7.33. The van der Waals surface area contributed by atoms with Crippen LogP contribution in [0.2, 0.25) is 0 Å². The van der Waals surface area contributed by atoms with Gasteiger partial charge >= 0.3 is 5.97 Å². The third-order valence-electron chi connectivity index (χ3n) is 4.66. The van der Waals surface area contributed by atoms with Gasteiger partial charge < -0.3 is 9.64 Å². The summed E-state index contributed by atoms with van der Waals surface area (Å²) in [5.74, 6) is -0.104. The highest BCUT2D eigenvalue weighted by molar-refractivity contribution is 5.86. The highest BCUT2D eigenvalue weighted by atomic mass is 16.5. The van der Waals surface area contributed by atoms with Crippen molar-refractivity contribution in [2.24, 2.45) is 16.7 Å². The summed E-state index contributed by atoms with van der Waals surface area (Å²) in [5, 5.41) is 0. The number of esters is 1. The van der Waals surface area contributed by atoms with E-state index in [0.717, 1.165) is 12.8 Å². The van der Waals surface area contributed by atoms with Crippen molar-refractivity contribution in [2.75, 3.05) is 20.7 Å². The number of amides is 1. The molecule has 4 nitrogen and oxygen atoms in total. The molecule has 4 heteroatoms. The quantitative estimate of drug-likeness (QED) is 0.627. The van der Waals surface area contributed by atoms with Gasteiger partial charge in [0.15, 0.2) is 0 Å². The molecule has 1 aliphatic heterocycles. The molecule has 0 aromatic heterocycles. The van der Waals surface area contributed by atoms with E-state index in [4.69, 9.17) is 4.74 Å². The Bertz CT molecular complexity index is 352. The molecule has 1 saturated heterocycles. The zero-order valence-electron chi connectivity index (χ0n) is 10.4. The number of hydrogen-bond acceptors (Lipinski definition) is 3. The smallest absolute Gasteiger partial charge is 0.312 e. The van der Waals surface area contributed by atoms with Crippen molar-refractivity contribution in [3.63, 3.8) is 0 Å². The fraction of sp³-hybridized carbons (Fsp3) is 0.833. The van der Waals surface area contributed by atoms with Gasteiger partial charge in [0.05, 0.1) is 12.0 Å². The summed E-state index contributed by atoms with van der Waals surface area (Å²) in [6, 6.07) is 0. The van der Waals surface area contributed by atoms with E-state index in [1.807, 2.05) is 13.8 Å². The maximum atomic E-state index is 12.1. The van der Waals surface area contributed by atoms with Crippen LogP contribution in [0.5, 0.6) is 0 Å². The second-order valence-electron chi connectivity index (χ2n) is 5.65. The molecule has 1 amide bonds. The van der Waals surface area contributed by atoms with Crippen LogP contribution in [0.4, 0.5) is 0 Å². The van der Waals surface area contributed by atoms with E-state index in [0.29, 0.717) is 6.61 Å². The lowest BCUT2D eigenvalue weighted by atomic mass is 9.66. The van der Waals surface area contributed by atoms with E-state index in [-0.39, 0.29) is 23.2 Å². The number of cyclic esters (lactones) is 1. The molecule has 0 aromatic rings. The first-order valence-electron chi connectivity index (χ1n) is 5.71. The van der Waals surface area contributed by atoms with Crippen molar-refractivity contribution in [1.82, 2.24) is 4.90 Å². The second-order valence-corrected chi connectivity index (χ2v) is 5.65. The summed E-state index contributed by atoms with van der Waals surface area (Å²) in [6.07, 6.45) is 1.55. The van der Waals surface area contributed by atoms with Crippen molar-refractivity contribution in [3.8, 4) is 0 Å². The van der Waals surface area contributed by atoms with E-state index in [1.54, 1.807) is 19.0 Å². The van der Waals surface area contributed by atoms with Crippen LogP contribution in [0.25, 0.3) is 0 Å². The number of rotatable bonds is 1. The molecule has 0 N–H and O–H groups in total. The lowest BCUT2D eigenvalue weighted by molar-refractivity contribution is -0.146. The Morgan fingerprint density at radius 2 is 2.06 bits per heavy atom. The second kappa shape index (κ2) is 3.22. The molecular formula is C12H19NO3. The molecule has 0 unspecified atom stereocenters. The molecule has 2 rings (SSSR count). The van der Waals surface area contributed by atoms with Crippen LogP contribution in [0.1, 0.15) is 26.7 Å². The van der Waals surface area contributed by atoms with Crippen LogP contribution < -0.4 is 0 Å². The Morgan fingerprint density at radius 1 is 1.44 bits per heavy atom. The van der Waals surface area contributed by atoms with Gasteiger partial charge in [0.25, 0.3) is 0 Å². The first kappa shape index (κ1) is 11.4. The standard InChI is InChI=1S/C12H19NO3/c1-11-6-5-8(9(14)13(3)4)12(11,2)7-16-10(11)15/h8H,5-7H2,1-4H3/t8-,11+,12-/m0/s1. The van der Waals surface area contributed by atoms with Gasteiger partial charge in [-0.3, -0.25) is 9.59 Å². The summed E-state index contributed by atoms with van der Waals surface area (Å²) in [6.45, 7) is 4.33. The molecule has 0 radical (unpaired) electrons. The minimum Gasteiger partial charge on any atom is -0.465 e. The van der Waals surface area contributed by atoms with Crippen molar-refractivity contribution in [3.05, 3.63) is 0 Å². The molecule has 90 valence electrons. The van der Waals surface area contributed by atoms with Crippen molar-refractivity contribution in [2.45, 2.75) is 26.7 Å². The molecule has 3 atom stereocenters. The number of fused-ring (bicyclic) bond motifs is 1. The minimum absolute atomic E-state index is 0.0843. The molecule has 1 heterocycles. The number of ether oxygens (including phenoxy) is 1. The van der Waals surface area contributed by atoms with Crippen molar-refractivity contribution >= 4 is 11.9 Å². The molecule has 2 aliphatic rings. The van der Waals surface area contributed by atoms with Crippen molar-refractivity contribution < 1.29 is 14.3 Å². The monoisotopic (exact) mass is 225 g/mol. The number of hydrogen-bond donors (Lipinski definition) is 0. The molecule has 0 spiro atoms. The van der Waals surface area contributed by atoms with E-state index in [9.17, 15) is 9.59 Å². The largest absolute Gasteiger partial charge is 0.465 e. The fourth-order valence-electron chi connectivity index (χ4n) is 3.10. The first-order valence-corrected chi connectivity index (χ1v) is 5.71. The number of carbonyl (C=O) groups excluding carboxylic acids is 2. The van der Waals surface area contributed by atoms with E-state index in [2.05, 4.69) is 0 Å². The third kappa shape index (κ3) is 1.16.